The zero-order chi connectivity index (χ0) is 16.2. The van der Waals surface area contributed by atoms with Gasteiger partial charge in [0.1, 0.15) is 18.0 Å². The summed E-state index contributed by atoms with van der Waals surface area (Å²) in [5.41, 5.74) is -0.497. The van der Waals surface area contributed by atoms with Crippen LogP contribution < -0.4 is 10.1 Å². The highest BCUT2D eigenvalue weighted by molar-refractivity contribution is 5.83. The highest BCUT2D eigenvalue weighted by Crippen LogP contribution is 2.20. The Labute approximate surface area is 131 Å². The Kier molecular flexibility index (Phi) is 4.91. The SMILES string of the molecule is C[C@@H](COc1ccc2ccccc2c1)NC(=O)OC(C)(C)C. The van der Waals surface area contributed by atoms with E-state index < -0.39 is 11.7 Å². The van der Waals surface area contributed by atoms with Crippen LogP contribution in [-0.4, -0.2) is 24.3 Å². The molecule has 0 saturated heterocycles. The molecule has 2 aromatic rings. The van der Waals surface area contributed by atoms with Crippen LogP contribution in [0, 0.1) is 0 Å². The molecule has 0 fully saturated rings. The molecule has 4 nitrogen and oxygen atoms in total. The maximum absolute atomic E-state index is 11.7. The van der Waals surface area contributed by atoms with Crippen LogP contribution in [0.1, 0.15) is 27.7 Å². The average molecular weight is 301 g/mol. The molecular weight excluding hydrogens is 278 g/mol. The van der Waals surface area contributed by atoms with Gasteiger partial charge in [0, 0.05) is 0 Å². The molecule has 0 aromatic heterocycles. The fourth-order valence-electron chi connectivity index (χ4n) is 2.03. The number of carbonyl (C=O) groups excluding carboxylic acids is 1. The molecule has 4 heteroatoms. The van der Waals surface area contributed by atoms with Gasteiger partial charge in [0.2, 0.25) is 0 Å². The van der Waals surface area contributed by atoms with E-state index in [1.807, 2.05) is 64.1 Å². The lowest BCUT2D eigenvalue weighted by Gasteiger charge is -2.22. The maximum Gasteiger partial charge on any atom is 0.407 e. The van der Waals surface area contributed by atoms with Gasteiger partial charge in [-0.15, -0.1) is 0 Å². The third-order valence-corrected chi connectivity index (χ3v) is 2.98. The Morgan fingerprint density at radius 3 is 2.50 bits per heavy atom. The predicted molar refractivity (Wildman–Crippen MR) is 88.3 cm³/mol. The normalized spacial score (nSPS) is 12.7. The molecule has 22 heavy (non-hydrogen) atoms. The van der Waals surface area contributed by atoms with Crippen LogP contribution in [0.3, 0.4) is 0 Å². The van der Waals surface area contributed by atoms with Crippen molar-refractivity contribution in [3.63, 3.8) is 0 Å². The summed E-state index contributed by atoms with van der Waals surface area (Å²) in [5.74, 6) is 0.788. The van der Waals surface area contributed by atoms with Crippen molar-refractivity contribution in [2.45, 2.75) is 39.3 Å². The lowest BCUT2D eigenvalue weighted by atomic mass is 10.1. The third kappa shape index (κ3) is 4.95. The topological polar surface area (TPSA) is 47.6 Å². The molecule has 2 aromatic carbocycles. The van der Waals surface area contributed by atoms with Crippen molar-refractivity contribution >= 4 is 16.9 Å². The molecule has 118 valence electrons. The van der Waals surface area contributed by atoms with Crippen molar-refractivity contribution in [2.24, 2.45) is 0 Å². The maximum atomic E-state index is 11.7. The summed E-state index contributed by atoms with van der Waals surface area (Å²) in [6, 6.07) is 13.9. The molecule has 0 aliphatic carbocycles. The number of hydrogen-bond acceptors (Lipinski definition) is 3. The van der Waals surface area contributed by atoms with Crippen molar-refractivity contribution in [3.8, 4) is 5.75 Å². The van der Waals surface area contributed by atoms with Crippen molar-refractivity contribution in [3.05, 3.63) is 42.5 Å². The molecule has 0 aliphatic rings. The minimum absolute atomic E-state index is 0.138. The van der Waals surface area contributed by atoms with Crippen molar-refractivity contribution in [2.75, 3.05) is 6.61 Å². The molecule has 1 atom stereocenters. The summed E-state index contributed by atoms with van der Waals surface area (Å²) in [6.45, 7) is 7.77. The van der Waals surface area contributed by atoms with Gasteiger partial charge in [-0.05, 0) is 50.6 Å². The molecule has 0 saturated carbocycles. The molecular formula is C18H23NO3. The van der Waals surface area contributed by atoms with Gasteiger partial charge in [0.25, 0.3) is 0 Å². The molecule has 1 amide bonds. The lowest BCUT2D eigenvalue weighted by molar-refractivity contribution is 0.0494. The van der Waals surface area contributed by atoms with Gasteiger partial charge in [-0.2, -0.15) is 0 Å². The number of benzene rings is 2. The predicted octanol–water partition coefficient (Wildman–Crippen LogP) is 4.13. The van der Waals surface area contributed by atoms with Crippen LogP contribution in [0.25, 0.3) is 10.8 Å². The number of carbonyl (C=O) groups is 1. The van der Waals surface area contributed by atoms with Crippen molar-refractivity contribution < 1.29 is 14.3 Å². The Balaban J connectivity index is 1.87. The molecule has 1 N–H and O–H groups in total. The minimum Gasteiger partial charge on any atom is -0.491 e. The minimum atomic E-state index is -0.497. The molecule has 0 aliphatic heterocycles. The van der Waals surface area contributed by atoms with Crippen molar-refractivity contribution in [1.29, 1.82) is 0 Å². The highest BCUT2D eigenvalue weighted by Gasteiger charge is 2.17. The van der Waals surface area contributed by atoms with Crippen LogP contribution in [-0.2, 0) is 4.74 Å². The Bertz CT molecular complexity index is 646. The fraction of sp³-hybridized carbons (Fsp3) is 0.389. The van der Waals surface area contributed by atoms with E-state index in [4.69, 9.17) is 9.47 Å². The van der Waals surface area contributed by atoms with Crippen LogP contribution in [0.15, 0.2) is 42.5 Å². The van der Waals surface area contributed by atoms with E-state index in [-0.39, 0.29) is 6.04 Å². The smallest absolute Gasteiger partial charge is 0.407 e. The van der Waals surface area contributed by atoms with Crippen LogP contribution in [0.5, 0.6) is 5.75 Å². The van der Waals surface area contributed by atoms with E-state index in [9.17, 15) is 4.79 Å². The Morgan fingerprint density at radius 1 is 1.14 bits per heavy atom. The van der Waals surface area contributed by atoms with E-state index in [1.165, 1.54) is 5.39 Å². The summed E-state index contributed by atoms with van der Waals surface area (Å²) in [4.78, 5) is 11.7. The Morgan fingerprint density at radius 2 is 1.82 bits per heavy atom. The second-order valence-electron chi connectivity index (χ2n) is 6.37. The number of alkyl carbamates (subject to hydrolysis) is 1. The summed E-state index contributed by atoms with van der Waals surface area (Å²) in [5, 5.41) is 5.07. The summed E-state index contributed by atoms with van der Waals surface area (Å²) >= 11 is 0. The number of hydrogen-bond donors (Lipinski definition) is 1. The molecule has 0 bridgehead atoms. The number of rotatable bonds is 4. The highest BCUT2D eigenvalue weighted by atomic mass is 16.6. The summed E-state index contributed by atoms with van der Waals surface area (Å²) < 4.78 is 10.9. The van der Waals surface area contributed by atoms with Gasteiger partial charge < -0.3 is 14.8 Å². The quantitative estimate of drug-likeness (QED) is 0.923. The van der Waals surface area contributed by atoms with Gasteiger partial charge in [-0.3, -0.25) is 0 Å². The van der Waals surface area contributed by atoms with E-state index in [0.29, 0.717) is 6.61 Å². The average Bonchev–Trinajstić information content (AvgIpc) is 2.42. The largest absolute Gasteiger partial charge is 0.491 e. The first-order valence-electron chi connectivity index (χ1n) is 7.44. The number of fused-ring (bicyclic) bond motifs is 1. The van der Waals surface area contributed by atoms with Crippen LogP contribution in [0.4, 0.5) is 4.79 Å². The van der Waals surface area contributed by atoms with E-state index in [0.717, 1.165) is 11.1 Å². The van der Waals surface area contributed by atoms with E-state index in [1.54, 1.807) is 0 Å². The first kappa shape index (κ1) is 16.1. The Hall–Kier alpha value is -2.23. The molecule has 0 heterocycles. The summed E-state index contributed by atoms with van der Waals surface area (Å²) in [6.07, 6.45) is -0.429. The first-order valence-corrected chi connectivity index (χ1v) is 7.44. The molecule has 2 rings (SSSR count). The van der Waals surface area contributed by atoms with Gasteiger partial charge in [-0.25, -0.2) is 4.79 Å². The first-order chi connectivity index (χ1) is 10.3. The second kappa shape index (κ2) is 6.69. The third-order valence-electron chi connectivity index (χ3n) is 2.98. The summed E-state index contributed by atoms with van der Waals surface area (Å²) in [7, 11) is 0. The van der Waals surface area contributed by atoms with Crippen LogP contribution in [0.2, 0.25) is 0 Å². The molecule has 0 unspecified atom stereocenters. The van der Waals surface area contributed by atoms with Gasteiger partial charge >= 0.3 is 6.09 Å². The van der Waals surface area contributed by atoms with Gasteiger partial charge in [0.15, 0.2) is 0 Å². The van der Waals surface area contributed by atoms with Gasteiger partial charge in [-0.1, -0.05) is 30.3 Å². The number of amides is 1. The lowest BCUT2D eigenvalue weighted by Crippen LogP contribution is -2.40. The number of ether oxygens (including phenoxy) is 2. The van der Waals surface area contributed by atoms with E-state index >= 15 is 0 Å². The second-order valence-corrected chi connectivity index (χ2v) is 6.37. The van der Waals surface area contributed by atoms with E-state index in [2.05, 4.69) is 11.4 Å². The monoisotopic (exact) mass is 301 g/mol. The van der Waals surface area contributed by atoms with Gasteiger partial charge in [0.05, 0.1) is 6.04 Å². The molecule has 0 spiro atoms. The van der Waals surface area contributed by atoms with Crippen LogP contribution >= 0.6 is 0 Å². The van der Waals surface area contributed by atoms with Crippen molar-refractivity contribution in [1.82, 2.24) is 5.32 Å². The zero-order valence-electron chi connectivity index (χ0n) is 13.6. The number of nitrogens with one attached hydrogen (secondary N) is 1. The standard InChI is InChI=1S/C18H23NO3/c1-13(19-17(20)22-18(2,3)4)12-21-16-10-9-14-7-5-6-8-15(14)11-16/h5-11,13H,12H2,1-4H3,(H,19,20)/t13-/m0/s1. The zero-order valence-corrected chi connectivity index (χ0v) is 13.6. The molecule has 0 radical (unpaired) electrons. The fourth-order valence-corrected chi connectivity index (χ4v) is 2.03.